The number of nitrogens with one attached hydrogen (secondary N) is 2. The zero-order chi connectivity index (χ0) is 14.8. The zero-order valence-corrected chi connectivity index (χ0v) is 11.8. The second kappa shape index (κ2) is 5.65. The summed E-state index contributed by atoms with van der Waals surface area (Å²) in [5, 5.41) is 5.78. The molecule has 1 aromatic carbocycles. The SMILES string of the molecule is NC(=S)c1ccc(CNS(=O)(=O)c2ccn[nH]2)c(F)c1. The molecule has 0 unspecified atom stereocenters. The number of nitrogens with zero attached hydrogens (tertiary/aromatic N) is 1. The van der Waals surface area contributed by atoms with Gasteiger partial charge in [-0.25, -0.2) is 17.5 Å². The Morgan fingerprint density at radius 2 is 2.20 bits per heavy atom. The molecule has 106 valence electrons. The van der Waals surface area contributed by atoms with Crippen molar-refractivity contribution in [3.8, 4) is 0 Å². The second-order valence-corrected chi connectivity index (χ2v) is 6.09. The van der Waals surface area contributed by atoms with Crippen LogP contribution in [0.1, 0.15) is 11.1 Å². The predicted molar refractivity (Wildman–Crippen MR) is 74.9 cm³/mol. The Morgan fingerprint density at radius 1 is 1.45 bits per heavy atom. The van der Waals surface area contributed by atoms with E-state index in [9.17, 15) is 12.8 Å². The summed E-state index contributed by atoms with van der Waals surface area (Å²) in [6.07, 6.45) is 1.31. The van der Waals surface area contributed by atoms with Crippen molar-refractivity contribution < 1.29 is 12.8 Å². The van der Waals surface area contributed by atoms with E-state index in [0.29, 0.717) is 5.56 Å². The average molecular weight is 314 g/mol. The maximum Gasteiger partial charge on any atom is 0.257 e. The monoisotopic (exact) mass is 314 g/mol. The first kappa shape index (κ1) is 14.6. The third-order valence-corrected chi connectivity index (χ3v) is 4.12. The van der Waals surface area contributed by atoms with Gasteiger partial charge in [0.2, 0.25) is 0 Å². The number of halogens is 1. The lowest BCUT2D eigenvalue weighted by molar-refractivity contribution is 0.570. The normalized spacial score (nSPS) is 11.4. The summed E-state index contributed by atoms with van der Waals surface area (Å²) in [4.78, 5) is 0.0773. The standard InChI is InChI=1S/C11H11FN4O2S2/c12-9-5-7(11(13)19)1-2-8(9)6-15-20(17,18)10-3-4-14-16-10/h1-5,15H,6H2,(H2,13,19)(H,14,16). The highest BCUT2D eigenvalue weighted by Crippen LogP contribution is 2.12. The quantitative estimate of drug-likeness (QED) is 0.704. The largest absolute Gasteiger partial charge is 0.389 e. The van der Waals surface area contributed by atoms with Crippen molar-refractivity contribution in [1.82, 2.24) is 14.9 Å². The van der Waals surface area contributed by atoms with Crippen molar-refractivity contribution >= 4 is 27.2 Å². The lowest BCUT2D eigenvalue weighted by Crippen LogP contribution is -2.24. The summed E-state index contributed by atoms with van der Waals surface area (Å²) in [6.45, 7) is -0.190. The zero-order valence-electron chi connectivity index (χ0n) is 10.1. The molecule has 0 atom stereocenters. The van der Waals surface area contributed by atoms with Crippen LogP contribution in [-0.2, 0) is 16.6 Å². The molecular weight excluding hydrogens is 303 g/mol. The van der Waals surface area contributed by atoms with Gasteiger partial charge >= 0.3 is 0 Å². The van der Waals surface area contributed by atoms with Crippen LogP contribution in [0.5, 0.6) is 0 Å². The number of H-pyrrole nitrogens is 1. The third kappa shape index (κ3) is 3.18. The predicted octanol–water partition coefficient (Wildman–Crippen LogP) is 0.661. The summed E-state index contributed by atoms with van der Waals surface area (Å²) in [5.74, 6) is -0.581. The van der Waals surface area contributed by atoms with Crippen LogP contribution in [0.2, 0.25) is 0 Å². The van der Waals surface area contributed by atoms with E-state index in [4.69, 9.17) is 18.0 Å². The van der Waals surface area contributed by atoms with Crippen molar-refractivity contribution in [2.45, 2.75) is 11.6 Å². The van der Waals surface area contributed by atoms with Crippen molar-refractivity contribution in [3.63, 3.8) is 0 Å². The molecule has 4 N–H and O–H groups in total. The van der Waals surface area contributed by atoms with E-state index in [-0.39, 0.29) is 22.1 Å². The van der Waals surface area contributed by atoms with E-state index in [2.05, 4.69) is 14.9 Å². The lowest BCUT2D eigenvalue weighted by atomic mass is 10.1. The highest BCUT2D eigenvalue weighted by molar-refractivity contribution is 7.89. The van der Waals surface area contributed by atoms with Crippen molar-refractivity contribution in [3.05, 3.63) is 47.4 Å². The minimum atomic E-state index is -3.74. The molecule has 1 aromatic heterocycles. The van der Waals surface area contributed by atoms with Gasteiger partial charge in [-0.15, -0.1) is 0 Å². The molecule has 9 heteroatoms. The van der Waals surface area contributed by atoms with Crippen LogP contribution in [0.25, 0.3) is 0 Å². The topological polar surface area (TPSA) is 101 Å². The number of hydrogen-bond donors (Lipinski definition) is 3. The van der Waals surface area contributed by atoms with Gasteiger partial charge in [0.15, 0.2) is 5.03 Å². The Balaban J connectivity index is 2.14. The van der Waals surface area contributed by atoms with E-state index in [1.54, 1.807) is 0 Å². The molecule has 0 amide bonds. The highest BCUT2D eigenvalue weighted by Gasteiger charge is 2.16. The molecule has 0 spiro atoms. The molecule has 0 aliphatic heterocycles. The number of nitrogens with two attached hydrogens (primary N) is 1. The highest BCUT2D eigenvalue weighted by atomic mass is 32.2. The van der Waals surface area contributed by atoms with Gasteiger partial charge in [-0.1, -0.05) is 24.4 Å². The first-order valence-electron chi connectivity index (χ1n) is 5.47. The number of sulfonamides is 1. The van der Waals surface area contributed by atoms with Gasteiger partial charge in [0.05, 0.1) is 6.20 Å². The first-order valence-corrected chi connectivity index (χ1v) is 7.36. The van der Waals surface area contributed by atoms with Crippen LogP contribution in [0.3, 0.4) is 0 Å². The van der Waals surface area contributed by atoms with Gasteiger partial charge in [-0.3, -0.25) is 5.10 Å². The van der Waals surface area contributed by atoms with Crippen LogP contribution in [0, 0.1) is 5.82 Å². The Labute approximate surface area is 120 Å². The van der Waals surface area contributed by atoms with E-state index in [0.717, 1.165) is 0 Å². The molecule has 0 radical (unpaired) electrons. The fourth-order valence-electron chi connectivity index (χ4n) is 1.49. The van der Waals surface area contributed by atoms with Crippen LogP contribution < -0.4 is 10.5 Å². The summed E-state index contributed by atoms with van der Waals surface area (Å²) >= 11 is 4.73. The Kier molecular flexibility index (Phi) is 4.12. The average Bonchev–Trinajstić information content (AvgIpc) is 2.91. The van der Waals surface area contributed by atoms with E-state index < -0.39 is 15.8 Å². The van der Waals surface area contributed by atoms with Crippen molar-refractivity contribution in [2.75, 3.05) is 0 Å². The number of hydrogen-bond acceptors (Lipinski definition) is 4. The van der Waals surface area contributed by atoms with Crippen LogP contribution >= 0.6 is 12.2 Å². The van der Waals surface area contributed by atoms with Gasteiger partial charge in [0, 0.05) is 17.7 Å². The van der Waals surface area contributed by atoms with Crippen LogP contribution in [0.4, 0.5) is 4.39 Å². The Morgan fingerprint density at radius 3 is 2.75 bits per heavy atom. The fourth-order valence-corrected chi connectivity index (χ4v) is 2.53. The maximum absolute atomic E-state index is 13.8. The third-order valence-electron chi connectivity index (χ3n) is 2.55. The fraction of sp³-hybridized carbons (Fsp3) is 0.0909. The number of aromatic nitrogens is 2. The molecular formula is C11H11FN4O2S2. The number of thiocarbonyl (C=S) groups is 1. The minimum Gasteiger partial charge on any atom is -0.389 e. The Bertz CT molecular complexity index is 729. The second-order valence-electron chi connectivity index (χ2n) is 3.92. The summed E-state index contributed by atoms with van der Waals surface area (Å²) in [5.41, 5.74) is 5.96. The van der Waals surface area contributed by atoms with Gasteiger partial charge in [-0.05, 0) is 12.1 Å². The molecule has 0 aliphatic rings. The van der Waals surface area contributed by atoms with Gasteiger partial charge in [0.1, 0.15) is 10.8 Å². The van der Waals surface area contributed by atoms with Crippen molar-refractivity contribution in [2.24, 2.45) is 5.73 Å². The van der Waals surface area contributed by atoms with E-state index >= 15 is 0 Å². The lowest BCUT2D eigenvalue weighted by Gasteiger charge is -2.07. The molecule has 6 nitrogen and oxygen atoms in total. The minimum absolute atomic E-state index is 0.0773. The summed E-state index contributed by atoms with van der Waals surface area (Å²) in [7, 11) is -3.74. The van der Waals surface area contributed by atoms with Crippen LogP contribution in [0.15, 0.2) is 35.5 Å². The van der Waals surface area contributed by atoms with E-state index in [1.807, 2.05) is 0 Å². The molecule has 0 saturated carbocycles. The number of rotatable bonds is 5. The van der Waals surface area contributed by atoms with Gasteiger partial charge < -0.3 is 5.73 Å². The molecule has 0 fully saturated rings. The molecule has 0 saturated heterocycles. The molecule has 0 aliphatic carbocycles. The van der Waals surface area contributed by atoms with Crippen LogP contribution in [-0.4, -0.2) is 23.6 Å². The van der Waals surface area contributed by atoms with Gasteiger partial charge in [0.25, 0.3) is 10.0 Å². The molecule has 0 bridgehead atoms. The number of aromatic amines is 1. The van der Waals surface area contributed by atoms with E-state index in [1.165, 1.54) is 30.5 Å². The summed E-state index contributed by atoms with van der Waals surface area (Å²) < 4.78 is 39.6. The molecule has 2 rings (SSSR count). The van der Waals surface area contributed by atoms with Gasteiger partial charge in [-0.2, -0.15) is 5.10 Å². The summed E-state index contributed by atoms with van der Waals surface area (Å²) in [6, 6.07) is 5.43. The Hall–Kier alpha value is -1.84. The molecule has 20 heavy (non-hydrogen) atoms. The molecule has 1 heterocycles. The molecule has 2 aromatic rings. The van der Waals surface area contributed by atoms with Crippen molar-refractivity contribution in [1.29, 1.82) is 0 Å². The number of benzene rings is 1. The maximum atomic E-state index is 13.8. The first-order chi connectivity index (χ1) is 9.40. The smallest absolute Gasteiger partial charge is 0.257 e.